The molecule has 10 rings (SSSR count). The predicted molar refractivity (Wildman–Crippen MR) is 194 cm³/mol. The van der Waals surface area contributed by atoms with Crippen LogP contribution in [0.25, 0.3) is 32.7 Å². The molecule has 0 aromatic heterocycles. The molecule has 5 heteroatoms. The fraction of sp³-hybridized carbons (Fsp3) is 0.136. The van der Waals surface area contributed by atoms with Crippen molar-refractivity contribution in [1.82, 2.24) is 5.01 Å². The van der Waals surface area contributed by atoms with Gasteiger partial charge in [-0.05, 0) is 80.5 Å². The number of quaternary nitrogens is 2. The van der Waals surface area contributed by atoms with Crippen LogP contribution in [-0.2, 0) is 5.54 Å². The van der Waals surface area contributed by atoms with Gasteiger partial charge in [0.05, 0.1) is 18.2 Å². The molecule has 2 fully saturated rings. The first-order chi connectivity index (χ1) is 24.0. The van der Waals surface area contributed by atoms with Gasteiger partial charge in [0.15, 0.2) is 0 Å². The van der Waals surface area contributed by atoms with Crippen LogP contribution < -0.4 is 10.6 Å². The van der Waals surface area contributed by atoms with E-state index in [-0.39, 0.29) is 24.3 Å². The molecule has 0 spiro atoms. The second kappa shape index (κ2) is 10.3. The molecule has 6 unspecified atom stereocenters. The average molecular weight is 641 g/mol. The summed E-state index contributed by atoms with van der Waals surface area (Å²) in [7, 11) is 2.38. The van der Waals surface area contributed by atoms with Crippen LogP contribution in [0.4, 0.5) is 10.1 Å². The van der Waals surface area contributed by atoms with E-state index in [2.05, 4.69) is 157 Å². The quantitative estimate of drug-likeness (QED) is 0.114. The van der Waals surface area contributed by atoms with E-state index in [0.717, 1.165) is 15.8 Å². The SMILES string of the molecule is CC1(c2ccc(F)cc2)Nc2cc(C3[NH2+]C(c4ccccc4)[N+]4(C)C(c5ccccc5)N34)ccc2-c2c1c1ccccc1c1ccccc21. The number of halogens is 1. The van der Waals surface area contributed by atoms with Crippen molar-refractivity contribution < 1.29 is 14.3 Å². The molecule has 238 valence electrons. The van der Waals surface area contributed by atoms with Crippen molar-refractivity contribution >= 4 is 27.2 Å². The molecule has 0 bridgehead atoms. The van der Waals surface area contributed by atoms with Crippen molar-refractivity contribution in [2.75, 3.05) is 12.4 Å². The lowest BCUT2D eigenvalue weighted by atomic mass is 9.73. The van der Waals surface area contributed by atoms with E-state index in [4.69, 9.17) is 0 Å². The molecule has 0 radical (unpaired) electrons. The average Bonchev–Trinajstić information content (AvgIpc) is 3.65. The van der Waals surface area contributed by atoms with E-state index >= 15 is 0 Å². The Kier molecular flexibility index (Phi) is 6.05. The van der Waals surface area contributed by atoms with Crippen LogP contribution in [0.3, 0.4) is 0 Å². The maximum atomic E-state index is 14.4. The lowest BCUT2D eigenvalue weighted by Gasteiger charge is -2.41. The topological polar surface area (TPSA) is 31.6 Å². The van der Waals surface area contributed by atoms with E-state index in [0.29, 0.717) is 0 Å². The first-order valence-corrected chi connectivity index (χ1v) is 17.2. The molecule has 49 heavy (non-hydrogen) atoms. The highest BCUT2D eigenvalue weighted by atomic mass is 19.1. The summed E-state index contributed by atoms with van der Waals surface area (Å²) >= 11 is 0. The number of nitrogens with one attached hydrogen (secondary N) is 1. The van der Waals surface area contributed by atoms with Gasteiger partial charge in [0.1, 0.15) is 5.82 Å². The van der Waals surface area contributed by atoms with Crippen LogP contribution in [-0.4, -0.2) is 16.6 Å². The molecule has 3 aliphatic heterocycles. The highest BCUT2D eigenvalue weighted by Gasteiger charge is 2.78. The lowest BCUT2D eigenvalue weighted by molar-refractivity contribution is -0.966. The molecule has 0 aliphatic carbocycles. The van der Waals surface area contributed by atoms with Crippen molar-refractivity contribution in [2.24, 2.45) is 0 Å². The van der Waals surface area contributed by atoms with Crippen molar-refractivity contribution in [1.29, 1.82) is 0 Å². The number of nitrogens with zero attached hydrogens (tertiary/aromatic N) is 2. The van der Waals surface area contributed by atoms with Crippen molar-refractivity contribution in [3.63, 3.8) is 0 Å². The third kappa shape index (κ3) is 4.01. The van der Waals surface area contributed by atoms with Crippen LogP contribution in [0.1, 0.15) is 53.2 Å². The number of anilines is 1. The van der Waals surface area contributed by atoms with Crippen LogP contribution in [0, 0.1) is 5.82 Å². The summed E-state index contributed by atoms with van der Waals surface area (Å²) < 4.78 is 15.2. The minimum Gasteiger partial charge on any atom is -0.371 e. The number of benzene rings is 7. The monoisotopic (exact) mass is 640 g/mol. The van der Waals surface area contributed by atoms with Gasteiger partial charge in [-0.1, -0.05) is 121 Å². The van der Waals surface area contributed by atoms with Crippen molar-refractivity contribution in [3.8, 4) is 11.1 Å². The van der Waals surface area contributed by atoms with Gasteiger partial charge in [0.25, 0.3) is 6.17 Å². The Hall–Kier alpha value is -5.33. The highest BCUT2D eigenvalue weighted by molar-refractivity contribution is 6.18. The van der Waals surface area contributed by atoms with Gasteiger partial charge < -0.3 is 5.32 Å². The van der Waals surface area contributed by atoms with Crippen molar-refractivity contribution in [2.45, 2.75) is 31.0 Å². The molecule has 2 saturated heterocycles. The third-order valence-corrected chi connectivity index (χ3v) is 11.5. The fourth-order valence-corrected chi connectivity index (χ4v) is 9.27. The summed E-state index contributed by atoms with van der Waals surface area (Å²) in [5.74, 6) is -0.230. The van der Waals surface area contributed by atoms with Crippen molar-refractivity contribution in [3.05, 3.63) is 185 Å². The summed E-state index contributed by atoms with van der Waals surface area (Å²) in [6, 6.07) is 53.4. The predicted octanol–water partition coefficient (Wildman–Crippen LogP) is 9.14. The van der Waals surface area contributed by atoms with Crippen LogP contribution in [0.15, 0.2) is 152 Å². The molecule has 3 heterocycles. The molecule has 7 aromatic carbocycles. The lowest BCUT2D eigenvalue weighted by Crippen LogP contribution is -2.86. The molecule has 3 aliphatic rings. The van der Waals surface area contributed by atoms with Crippen LogP contribution in [0.5, 0.6) is 0 Å². The van der Waals surface area contributed by atoms with E-state index in [1.54, 1.807) is 12.1 Å². The van der Waals surface area contributed by atoms with E-state index in [1.165, 1.54) is 54.9 Å². The first kappa shape index (κ1) is 28.7. The molecule has 3 N–H and O–H groups in total. The number of nitrogens with two attached hydrogens (primary N) is 1. The van der Waals surface area contributed by atoms with Crippen LogP contribution in [0.2, 0.25) is 0 Å². The highest BCUT2D eigenvalue weighted by Crippen LogP contribution is 2.61. The number of rotatable bonds is 4. The second-order valence-electron chi connectivity index (χ2n) is 14.2. The maximum Gasteiger partial charge on any atom is 0.261 e. The Balaban J connectivity index is 1.18. The first-order valence-electron chi connectivity index (χ1n) is 17.2. The van der Waals surface area contributed by atoms with E-state index in [1.807, 2.05) is 12.1 Å². The number of hydrogen-bond donors (Lipinski definition) is 2. The minimum absolute atomic E-state index is 0.124. The largest absolute Gasteiger partial charge is 0.371 e. The smallest absolute Gasteiger partial charge is 0.261 e. The Morgan fingerprint density at radius 1 is 0.653 bits per heavy atom. The zero-order valence-electron chi connectivity index (χ0n) is 27.5. The summed E-state index contributed by atoms with van der Waals surface area (Å²) in [6.07, 6.45) is 0.631. The molecular formula is C44H37FN4+2. The summed E-state index contributed by atoms with van der Waals surface area (Å²) in [5, 5.41) is 14.1. The fourth-order valence-electron chi connectivity index (χ4n) is 9.27. The molecule has 0 saturated carbocycles. The van der Waals surface area contributed by atoms with Gasteiger partial charge in [-0.15, -0.1) is 0 Å². The Morgan fingerprint density at radius 3 is 1.94 bits per heavy atom. The number of hydrogen-bond acceptors (Lipinski definition) is 2. The minimum atomic E-state index is -0.610. The zero-order chi connectivity index (χ0) is 32.9. The van der Waals surface area contributed by atoms with Crippen LogP contribution >= 0.6 is 0 Å². The Bertz CT molecular complexity index is 2410. The molecule has 6 atom stereocenters. The summed E-state index contributed by atoms with van der Waals surface area (Å²) in [4.78, 5) is 0. The van der Waals surface area contributed by atoms with Gasteiger partial charge in [-0.25, -0.2) is 4.39 Å². The Labute approximate surface area is 285 Å². The molecule has 0 amide bonds. The van der Waals surface area contributed by atoms with Gasteiger partial charge in [-0.2, -0.15) is 4.59 Å². The van der Waals surface area contributed by atoms with E-state index < -0.39 is 5.54 Å². The summed E-state index contributed by atoms with van der Waals surface area (Å²) in [6.45, 7) is 2.26. The zero-order valence-corrected chi connectivity index (χ0v) is 27.5. The van der Waals surface area contributed by atoms with E-state index in [9.17, 15) is 4.39 Å². The van der Waals surface area contributed by atoms with Gasteiger partial charge in [0.2, 0.25) is 12.3 Å². The molecule has 4 nitrogen and oxygen atoms in total. The van der Waals surface area contributed by atoms with Gasteiger partial charge in [0, 0.05) is 22.4 Å². The Morgan fingerprint density at radius 2 is 1.24 bits per heavy atom. The third-order valence-electron chi connectivity index (χ3n) is 11.5. The maximum absolute atomic E-state index is 14.4. The summed E-state index contributed by atoms with van der Waals surface area (Å²) in [5.41, 5.74) is 9.13. The normalized spacial score (nSPS) is 26.5. The van der Waals surface area contributed by atoms with Gasteiger partial charge >= 0.3 is 0 Å². The number of fused-ring (bicyclic) bond motifs is 9. The van der Waals surface area contributed by atoms with Gasteiger partial charge in [-0.3, -0.25) is 5.32 Å². The second-order valence-corrected chi connectivity index (χ2v) is 14.2. The molecule has 7 aromatic rings. The standard InChI is InChI=1S/C44H36FN4/c1-44(31-22-24-32(45)25-23-31)40-36-20-12-10-18-34(36)33-17-9-11-19-35(33)39(40)37-26-21-30(27-38(37)47-44)41-46-42(28-13-5-3-6-14-28)49(2)43(48(41)49)29-15-7-4-8-16-29/h3-27,41-43,46-47H,1-2H3/q+1/p+1. The molecular weight excluding hydrogens is 604 g/mol.